The molecule has 1 aliphatic rings. The van der Waals surface area contributed by atoms with Gasteiger partial charge in [-0.2, -0.15) is 0 Å². The highest BCUT2D eigenvalue weighted by atomic mass is 16.5. The first kappa shape index (κ1) is 11.6. The van der Waals surface area contributed by atoms with Crippen molar-refractivity contribution in [3.8, 4) is 0 Å². The summed E-state index contributed by atoms with van der Waals surface area (Å²) in [6, 6.07) is 0. The molecule has 1 unspecified atom stereocenters. The molecule has 0 fully saturated rings. The number of hydrogen-bond acceptors (Lipinski definition) is 5. The van der Waals surface area contributed by atoms with E-state index in [9.17, 15) is 14.7 Å². The number of aliphatic hydroxyl groups is 2. The molecule has 1 aromatic rings. The van der Waals surface area contributed by atoms with Crippen LogP contribution in [0.5, 0.6) is 0 Å². The molecule has 0 aliphatic carbocycles. The number of aliphatic hydroxyl groups excluding tert-OH is 2. The van der Waals surface area contributed by atoms with Crippen LogP contribution in [-0.4, -0.2) is 38.6 Å². The quantitative estimate of drug-likeness (QED) is 0.577. The number of ether oxygens (including phenoxy) is 1. The van der Waals surface area contributed by atoms with Crippen LogP contribution in [0.25, 0.3) is 5.88 Å². The van der Waals surface area contributed by atoms with Gasteiger partial charge in [0.05, 0.1) is 6.61 Å². The molecule has 92 valence electrons. The fraction of sp³-hybridized carbons (Fsp3) is 0.400. The number of aryl methyl sites for hydroxylation is 1. The van der Waals surface area contributed by atoms with Crippen molar-refractivity contribution >= 4 is 5.88 Å². The second-order valence-corrected chi connectivity index (χ2v) is 3.78. The Kier molecular flexibility index (Phi) is 2.86. The Bertz CT molecular complexity index is 571. The molecular weight excluding hydrogens is 228 g/mol. The van der Waals surface area contributed by atoms with Crippen molar-refractivity contribution in [2.75, 3.05) is 6.61 Å². The molecule has 0 saturated carbocycles. The lowest BCUT2D eigenvalue weighted by Gasteiger charge is -2.13. The lowest BCUT2D eigenvalue weighted by Crippen LogP contribution is -2.31. The Hall–Kier alpha value is -1.86. The van der Waals surface area contributed by atoms with Crippen LogP contribution in [0.2, 0.25) is 0 Å². The molecule has 0 saturated heterocycles. The normalized spacial score (nSPS) is 23.4. The highest BCUT2D eigenvalue weighted by Crippen LogP contribution is 2.19. The Morgan fingerprint density at radius 1 is 1.53 bits per heavy atom. The van der Waals surface area contributed by atoms with Crippen molar-refractivity contribution in [2.45, 2.75) is 19.1 Å². The molecule has 17 heavy (non-hydrogen) atoms. The minimum atomic E-state index is -0.978. The predicted octanol–water partition coefficient (Wildman–Crippen LogP) is -1.60. The van der Waals surface area contributed by atoms with Gasteiger partial charge in [-0.15, -0.1) is 0 Å². The van der Waals surface area contributed by atoms with Gasteiger partial charge in [0.15, 0.2) is 6.10 Å². The maximum atomic E-state index is 11.5. The molecule has 0 bridgehead atoms. The fourth-order valence-corrected chi connectivity index (χ4v) is 1.53. The molecule has 0 radical (unpaired) electrons. The zero-order chi connectivity index (χ0) is 12.6. The highest BCUT2D eigenvalue weighted by molar-refractivity contribution is 5.42. The second kappa shape index (κ2) is 4.19. The van der Waals surface area contributed by atoms with E-state index in [2.05, 4.69) is 4.98 Å². The van der Waals surface area contributed by atoms with Gasteiger partial charge in [0.25, 0.3) is 5.56 Å². The molecule has 1 aliphatic heterocycles. The number of aromatic amines is 1. The third kappa shape index (κ3) is 2.02. The predicted molar refractivity (Wildman–Crippen MR) is 58.3 cm³/mol. The summed E-state index contributed by atoms with van der Waals surface area (Å²) in [7, 11) is 0. The molecule has 7 heteroatoms. The average molecular weight is 240 g/mol. The second-order valence-electron chi connectivity index (χ2n) is 3.78. The standard InChI is InChI=1S/C10H12N2O5/c1-5-3-12(10(16)11-9(5)15)8-2-6(14)7(4-13)17-8/h2-3,6-7,13-14H,4H2,1H3,(H,11,15,16)/t6?,7-/m1/s1. The lowest BCUT2D eigenvalue weighted by molar-refractivity contribution is 0.0254. The van der Waals surface area contributed by atoms with Crippen LogP contribution >= 0.6 is 0 Å². The van der Waals surface area contributed by atoms with Crippen molar-refractivity contribution < 1.29 is 14.9 Å². The minimum absolute atomic E-state index is 0.0981. The minimum Gasteiger partial charge on any atom is -0.470 e. The smallest absolute Gasteiger partial charge is 0.335 e. The molecule has 1 aromatic heterocycles. The van der Waals surface area contributed by atoms with Gasteiger partial charge < -0.3 is 14.9 Å². The summed E-state index contributed by atoms with van der Waals surface area (Å²) in [5.41, 5.74) is -0.780. The van der Waals surface area contributed by atoms with E-state index in [0.717, 1.165) is 4.57 Å². The van der Waals surface area contributed by atoms with E-state index in [1.165, 1.54) is 12.3 Å². The number of aromatic nitrogens is 2. The van der Waals surface area contributed by atoms with Crippen LogP contribution in [0.4, 0.5) is 0 Å². The van der Waals surface area contributed by atoms with E-state index < -0.39 is 23.5 Å². The zero-order valence-electron chi connectivity index (χ0n) is 9.08. The number of nitrogens with zero attached hydrogens (tertiary/aromatic N) is 1. The van der Waals surface area contributed by atoms with Gasteiger partial charge in [0.2, 0.25) is 5.88 Å². The van der Waals surface area contributed by atoms with E-state index in [-0.39, 0.29) is 12.5 Å². The zero-order valence-corrected chi connectivity index (χ0v) is 9.08. The Morgan fingerprint density at radius 3 is 2.82 bits per heavy atom. The first-order chi connectivity index (χ1) is 8.02. The first-order valence-corrected chi connectivity index (χ1v) is 5.03. The number of H-pyrrole nitrogens is 1. The summed E-state index contributed by atoms with van der Waals surface area (Å²) in [4.78, 5) is 24.8. The third-order valence-corrected chi connectivity index (χ3v) is 2.50. The molecule has 0 amide bonds. The number of nitrogens with one attached hydrogen (secondary N) is 1. The van der Waals surface area contributed by atoms with E-state index in [4.69, 9.17) is 9.84 Å². The van der Waals surface area contributed by atoms with Crippen molar-refractivity contribution in [1.29, 1.82) is 0 Å². The SMILES string of the molecule is Cc1cn(C2=CC(O)[C@@H](CO)O2)c(=O)[nH]c1=O. The van der Waals surface area contributed by atoms with Crippen molar-refractivity contribution in [2.24, 2.45) is 0 Å². The van der Waals surface area contributed by atoms with E-state index in [0.29, 0.717) is 5.56 Å². The van der Waals surface area contributed by atoms with Gasteiger partial charge in [-0.3, -0.25) is 9.78 Å². The molecule has 2 rings (SSSR count). The van der Waals surface area contributed by atoms with Crippen molar-refractivity contribution in [1.82, 2.24) is 9.55 Å². The van der Waals surface area contributed by atoms with Crippen LogP contribution in [0, 0.1) is 6.92 Å². The molecule has 2 heterocycles. The fourth-order valence-electron chi connectivity index (χ4n) is 1.53. The largest absolute Gasteiger partial charge is 0.470 e. The van der Waals surface area contributed by atoms with Crippen LogP contribution in [-0.2, 0) is 4.74 Å². The summed E-state index contributed by atoms with van der Waals surface area (Å²) < 4.78 is 6.27. The maximum Gasteiger partial charge on any atom is 0.335 e. The maximum absolute atomic E-state index is 11.5. The molecule has 0 aromatic carbocycles. The van der Waals surface area contributed by atoms with Gasteiger partial charge >= 0.3 is 5.69 Å². The summed E-state index contributed by atoms with van der Waals surface area (Å²) in [6.07, 6.45) is 0.859. The van der Waals surface area contributed by atoms with Gasteiger partial charge in [0.1, 0.15) is 6.10 Å². The molecule has 0 spiro atoms. The van der Waals surface area contributed by atoms with E-state index >= 15 is 0 Å². The van der Waals surface area contributed by atoms with Crippen molar-refractivity contribution in [3.63, 3.8) is 0 Å². The van der Waals surface area contributed by atoms with Crippen molar-refractivity contribution in [3.05, 3.63) is 38.7 Å². The number of hydrogen-bond donors (Lipinski definition) is 3. The molecule has 7 nitrogen and oxygen atoms in total. The Morgan fingerprint density at radius 2 is 2.24 bits per heavy atom. The van der Waals surface area contributed by atoms with Gasteiger partial charge in [-0.1, -0.05) is 0 Å². The van der Waals surface area contributed by atoms with Crippen LogP contribution < -0.4 is 11.2 Å². The van der Waals surface area contributed by atoms with Gasteiger partial charge in [-0.25, -0.2) is 9.36 Å². The van der Waals surface area contributed by atoms with Crippen LogP contribution in [0.1, 0.15) is 5.56 Å². The molecule has 2 atom stereocenters. The molecule has 3 N–H and O–H groups in total. The summed E-state index contributed by atoms with van der Waals surface area (Å²) >= 11 is 0. The summed E-state index contributed by atoms with van der Waals surface area (Å²) in [5, 5.41) is 18.4. The van der Waals surface area contributed by atoms with E-state index in [1.807, 2.05) is 0 Å². The van der Waals surface area contributed by atoms with E-state index in [1.54, 1.807) is 6.92 Å². The summed E-state index contributed by atoms with van der Waals surface area (Å²) in [6.45, 7) is 1.18. The Balaban J connectivity index is 2.43. The van der Waals surface area contributed by atoms with Crippen LogP contribution in [0.3, 0.4) is 0 Å². The Labute approximate surface area is 95.6 Å². The van der Waals surface area contributed by atoms with Crippen LogP contribution in [0.15, 0.2) is 21.9 Å². The first-order valence-electron chi connectivity index (χ1n) is 5.03. The molecular formula is C10H12N2O5. The lowest BCUT2D eigenvalue weighted by atomic mass is 10.2. The average Bonchev–Trinajstić information content (AvgIpc) is 2.65. The third-order valence-electron chi connectivity index (χ3n) is 2.50. The topological polar surface area (TPSA) is 105 Å². The van der Waals surface area contributed by atoms with Gasteiger partial charge in [-0.05, 0) is 6.92 Å². The summed E-state index contributed by atoms with van der Waals surface area (Å²) in [5.74, 6) is 0.0981. The monoisotopic (exact) mass is 240 g/mol. The van der Waals surface area contributed by atoms with Gasteiger partial charge in [0, 0.05) is 17.8 Å². The highest BCUT2D eigenvalue weighted by Gasteiger charge is 2.28. The number of rotatable bonds is 2.